The van der Waals surface area contributed by atoms with E-state index in [9.17, 15) is 9.59 Å². The molecule has 10 nitrogen and oxygen atoms in total. The summed E-state index contributed by atoms with van der Waals surface area (Å²) in [7, 11) is 1.55. The first-order valence-corrected chi connectivity index (χ1v) is 11.0. The highest BCUT2D eigenvalue weighted by Gasteiger charge is 2.38. The molecule has 0 radical (unpaired) electrons. The first-order valence-electron chi connectivity index (χ1n) is 11.0. The monoisotopic (exact) mass is 465 g/mol. The van der Waals surface area contributed by atoms with E-state index in [4.69, 9.17) is 4.74 Å². The Morgan fingerprint density at radius 1 is 1.32 bits per heavy atom. The van der Waals surface area contributed by atoms with E-state index in [0.29, 0.717) is 53.4 Å². The Morgan fingerprint density at radius 2 is 2.15 bits per heavy atom. The van der Waals surface area contributed by atoms with Gasteiger partial charge in [0.25, 0.3) is 5.91 Å². The van der Waals surface area contributed by atoms with Crippen molar-refractivity contribution in [3.63, 3.8) is 0 Å². The second-order valence-corrected chi connectivity index (χ2v) is 8.28. The van der Waals surface area contributed by atoms with Gasteiger partial charge in [0.1, 0.15) is 29.7 Å². The Hall–Kier alpha value is -3.86. The van der Waals surface area contributed by atoms with E-state index >= 15 is 4.39 Å². The molecule has 5 rings (SSSR count). The number of ether oxygens (including phenoxy) is 1. The SMILES string of the molecule is CCN1C(=O)Nc2c(F)c(CN3C[C@H](Oc4ccc(C(=O)NC)nc4)[C@H]3C)cc3ncnc1c23. The maximum absolute atomic E-state index is 15.5. The van der Waals surface area contributed by atoms with E-state index in [0.717, 1.165) is 0 Å². The molecule has 0 bridgehead atoms. The van der Waals surface area contributed by atoms with E-state index in [1.807, 2.05) is 13.8 Å². The lowest BCUT2D eigenvalue weighted by atomic mass is 9.98. The van der Waals surface area contributed by atoms with Crippen LogP contribution in [0, 0.1) is 5.82 Å². The molecule has 2 aliphatic heterocycles. The Kier molecular flexibility index (Phi) is 5.48. The fourth-order valence-corrected chi connectivity index (χ4v) is 4.34. The van der Waals surface area contributed by atoms with Gasteiger partial charge in [-0.05, 0) is 32.0 Å². The zero-order valence-electron chi connectivity index (χ0n) is 19.0. The van der Waals surface area contributed by atoms with Crippen LogP contribution in [-0.4, -0.2) is 64.1 Å². The number of aromatic nitrogens is 3. The fraction of sp³-hybridized carbons (Fsp3) is 0.348. The highest BCUT2D eigenvalue weighted by molar-refractivity contribution is 6.17. The quantitative estimate of drug-likeness (QED) is 0.575. The van der Waals surface area contributed by atoms with Crippen LogP contribution < -0.4 is 20.3 Å². The first-order chi connectivity index (χ1) is 16.4. The number of halogens is 1. The molecule has 1 aromatic carbocycles. The number of pyridine rings is 1. The number of benzene rings is 1. The van der Waals surface area contributed by atoms with E-state index in [-0.39, 0.29) is 23.7 Å². The summed E-state index contributed by atoms with van der Waals surface area (Å²) in [6.07, 6.45) is 2.82. The summed E-state index contributed by atoms with van der Waals surface area (Å²) in [6, 6.07) is 4.65. The van der Waals surface area contributed by atoms with Crippen molar-refractivity contribution in [2.45, 2.75) is 32.5 Å². The molecule has 176 valence electrons. The van der Waals surface area contributed by atoms with Gasteiger partial charge in [0.2, 0.25) is 0 Å². The molecule has 3 amide bonds. The van der Waals surface area contributed by atoms with Crippen LogP contribution in [0.5, 0.6) is 5.75 Å². The smallest absolute Gasteiger partial charge is 0.327 e. The van der Waals surface area contributed by atoms with Crippen LogP contribution in [0.1, 0.15) is 29.9 Å². The van der Waals surface area contributed by atoms with E-state index in [1.54, 1.807) is 25.2 Å². The van der Waals surface area contributed by atoms with Crippen molar-refractivity contribution in [3.8, 4) is 5.75 Å². The minimum Gasteiger partial charge on any atom is -0.486 e. The zero-order valence-corrected chi connectivity index (χ0v) is 19.0. The van der Waals surface area contributed by atoms with Crippen molar-refractivity contribution in [3.05, 3.63) is 47.8 Å². The molecule has 2 atom stereocenters. The second kappa shape index (κ2) is 8.49. The molecule has 0 saturated carbocycles. The summed E-state index contributed by atoms with van der Waals surface area (Å²) in [5.74, 6) is 0.247. The maximum atomic E-state index is 15.5. The largest absolute Gasteiger partial charge is 0.486 e. The number of urea groups is 1. The summed E-state index contributed by atoms with van der Waals surface area (Å²) in [4.78, 5) is 40.3. The third-order valence-electron chi connectivity index (χ3n) is 6.35. The predicted octanol–water partition coefficient (Wildman–Crippen LogP) is 2.55. The van der Waals surface area contributed by atoms with Gasteiger partial charge < -0.3 is 15.4 Å². The molecule has 1 fully saturated rings. The minimum atomic E-state index is -0.474. The van der Waals surface area contributed by atoms with Gasteiger partial charge in [-0.3, -0.25) is 14.6 Å². The molecule has 2 N–H and O–H groups in total. The Labute approximate surface area is 195 Å². The minimum absolute atomic E-state index is 0.0243. The van der Waals surface area contributed by atoms with E-state index in [1.165, 1.54) is 17.4 Å². The number of nitrogens with zero attached hydrogens (tertiary/aromatic N) is 5. The average molecular weight is 465 g/mol. The highest BCUT2D eigenvalue weighted by atomic mass is 19.1. The molecule has 4 heterocycles. The van der Waals surface area contributed by atoms with Gasteiger partial charge in [0.05, 0.1) is 22.8 Å². The molecule has 2 aromatic heterocycles. The predicted molar refractivity (Wildman–Crippen MR) is 123 cm³/mol. The number of anilines is 2. The molecule has 0 unspecified atom stereocenters. The van der Waals surface area contributed by atoms with Gasteiger partial charge in [-0.15, -0.1) is 0 Å². The van der Waals surface area contributed by atoms with E-state index in [2.05, 4.69) is 30.5 Å². The Morgan fingerprint density at radius 3 is 2.82 bits per heavy atom. The molecule has 11 heteroatoms. The standard InChI is InChI=1S/C23H24FN7O3/c1-4-31-21-18-16(27-11-28-21)7-13(19(24)20(18)29-23(31)33)9-30-10-17(12(30)2)34-14-5-6-15(26-8-14)22(32)25-3/h5-8,11-12,17H,4,9-10H2,1-3H3,(H,25,32)(H,29,33)/t12-,17+/m1/s1. The number of amides is 3. The number of hydrogen-bond acceptors (Lipinski definition) is 7. The molecular formula is C23H24FN7O3. The van der Waals surface area contributed by atoms with Gasteiger partial charge in [0, 0.05) is 38.3 Å². The lowest BCUT2D eigenvalue weighted by molar-refractivity contribution is -0.0419. The molecule has 3 aromatic rings. The summed E-state index contributed by atoms with van der Waals surface area (Å²) < 4.78 is 21.5. The highest BCUT2D eigenvalue weighted by Crippen LogP contribution is 2.38. The van der Waals surface area contributed by atoms with Crippen LogP contribution in [0.3, 0.4) is 0 Å². The van der Waals surface area contributed by atoms with Crippen LogP contribution in [0.25, 0.3) is 10.9 Å². The number of nitrogens with one attached hydrogen (secondary N) is 2. The first kappa shape index (κ1) is 22.0. The zero-order chi connectivity index (χ0) is 24.0. The number of likely N-dealkylation sites (tertiary alicyclic amines) is 1. The Balaban J connectivity index is 1.32. The molecule has 1 saturated heterocycles. The third kappa shape index (κ3) is 3.58. The lowest BCUT2D eigenvalue weighted by Crippen LogP contribution is -2.60. The normalized spacial score (nSPS) is 19.5. The third-order valence-corrected chi connectivity index (χ3v) is 6.35. The number of hydrogen-bond donors (Lipinski definition) is 2. The van der Waals surface area contributed by atoms with Crippen molar-refractivity contribution < 1.29 is 18.7 Å². The maximum Gasteiger partial charge on any atom is 0.327 e. The summed E-state index contributed by atoms with van der Waals surface area (Å²) in [6.45, 7) is 5.19. The topological polar surface area (TPSA) is 113 Å². The Bertz CT molecular complexity index is 1280. The van der Waals surface area contributed by atoms with Crippen molar-refractivity contribution in [1.82, 2.24) is 25.2 Å². The van der Waals surface area contributed by atoms with Gasteiger partial charge in [-0.1, -0.05) is 0 Å². The van der Waals surface area contributed by atoms with Crippen LogP contribution in [-0.2, 0) is 6.54 Å². The van der Waals surface area contributed by atoms with Crippen molar-refractivity contribution in [2.24, 2.45) is 0 Å². The van der Waals surface area contributed by atoms with Crippen LogP contribution in [0.2, 0.25) is 0 Å². The van der Waals surface area contributed by atoms with Gasteiger partial charge in [-0.25, -0.2) is 24.1 Å². The summed E-state index contributed by atoms with van der Waals surface area (Å²) >= 11 is 0. The van der Waals surface area contributed by atoms with Crippen LogP contribution in [0.15, 0.2) is 30.7 Å². The van der Waals surface area contributed by atoms with Crippen molar-refractivity contribution >= 4 is 34.3 Å². The van der Waals surface area contributed by atoms with Gasteiger partial charge in [-0.2, -0.15) is 0 Å². The van der Waals surface area contributed by atoms with Crippen molar-refractivity contribution in [2.75, 3.05) is 30.4 Å². The molecule has 2 aliphatic rings. The number of carbonyl (C=O) groups is 2. The molecule has 0 spiro atoms. The van der Waals surface area contributed by atoms with Gasteiger partial charge in [0.15, 0.2) is 5.82 Å². The summed E-state index contributed by atoms with van der Waals surface area (Å²) in [5.41, 5.74) is 1.47. The fourth-order valence-electron chi connectivity index (χ4n) is 4.34. The van der Waals surface area contributed by atoms with Gasteiger partial charge >= 0.3 is 6.03 Å². The summed E-state index contributed by atoms with van der Waals surface area (Å²) in [5, 5.41) is 5.70. The van der Waals surface area contributed by atoms with Crippen LogP contribution >= 0.6 is 0 Å². The second-order valence-electron chi connectivity index (χ2n) is 8.28. The molecular weight excluding hydrogens is 441 g/mol. The molecule has 34 heavy (non-hydrogen) atoms. The number of rotatable bonds is 6. The average Bonchev–Trinajstić information content (AvgIpc) is 2.85. The lowest BCUT2D eigenvalue weighted by Gasteiger charge is -2.46. The molecule has 0 aliphatic carbocycles. The van der Waals surface area contributed by atoms with Crippen molar-refractivity contribution in [1.29, 1.82) is 0 Å². The van der Waals surface area contributed by atoms with E-state index < -0.39 is 11.8 Å². The van der Waals surface area contributed by atoms with Crippen LogP contribution in [0.4, 0.5) is 20.7 Å². The number of carbonyl (C=O) groups excluding carboxylic acids is 2.